The minimum atomic E-state index is -3.78. The minimum absolute atomic E-state index is 0.0117. The molecular weight excluding hydrogens is 314 g/mol. The van der Waals surface area contributed by atoms with Gasteiger partial charge < -0.3 is 4.74 Å². The maximum atomic E-state index is 12.5. The van der Waals surface area contributed by atoms with Gasteiger partial charge in [-0.25, -0.2) is 8.42 Å². The summed E-state index contributed by atoms with van der Waals surface area (Å²) in [6.07, 6.45) is 0.953. The fraction of sp³-hybridized carbons (Fsp3) is 0.588. The predicted molar refractivity (Wildman–Crippen MR) is 90.7 cm³/mol. The molecule has 0 heterocycles. The molecule has 0 aliphatic carbocycles. The fourth-order valence-corrected chi connectivity index (χ4v) is 3.44. The highest BCUT2D eigenvalue weighted by Crippen LogP contribution is 2.27. The monoisotopic (exact) mass is 341 g/mol. The van der Waals surface area contributed by atoms with E-state index in [1.54, 1.807) is 26.0 Å². The zero-order chi connectivity index (χ0) is 17.8. The number of sulfonamides is 1. The summed E-state index contributed by atoms with van der Waals surface area (Å²) in [5, 5.41) is 0. The first-order valence-electron chi connectivity index (χ1n) is 7.76. The molecule has 1 N–H and O–H groups in total. The molecule has 1 aromatic carbocycles. The number of benzene rings is 1. The number of esters is 1. The molecule has 0 amide bonds. The van der Waals surface area contributed by atoms with Crippen LogP contribution >= 0.6 is 0 Å². The number of ether oxygens (including phenoxy) is 1. The lowest BCUT2D eigenvalue weighted by Gasteiger charge is -2.24. The van der Waals surface area contributed by atoms with Crippen LogP contribution in [-0.4, -0.2) is 27.5 Å². The Bertz CT molecular complexity index is 633. The van der Waals surface area contributed by atoms with Crippen molar-refractivity contribution in [2.45, 2.75) is 57.4 Å². The maximum absolute atomic E-state index is 12.5. The Morgan fingerprint density at radius 1 is 1.22 bits per heavy atom. The molecule has 6 heteroatoms. The molecule has 0 radical (unpaired) electrons. The molecule has 0 aliphatic heterocycles. The van der Waals surface area contributed by atoms with Crippen molar-refractivity contribution in [1.82, 2.24) is 4.72 Å². The molecular formula is C17H27NO4S. The second-order valence-electron chi connectivity index (χ2n) is 6.63. The van der Waals surface area contributed by atoms with Crippen LogP contribution in [0.4, 0.5) is 0 Å². The average Bonchev–Trinajstić information content (AvgIpc) is 2.51. The zero-order valence-electron chi connectivity index (χ0n) is 14.7. The van der Waals surface area contributed by atoms with Crippen LogP contribution in [0.2, 0.25) is 0 Å². The summed E-state index contributed by atoms with van der Waals surface area (Å²) in [7, 11) is -2.54. The Hall–Kier alpha value is -1.40. The second kappa shape index (κ2) is 7.45. The van der Waals surface area contributed by atoms with Crippen molar-refractivity contribution in [2.24, 2.45) is 5.92 Å². The van der Waals surface area contributed by atoms with Gasteiger partial charge in [-0.1, -0.05) is 46.8 Å². The first kappa shape index (κ1) is 19.6. The van der Waals surface area contributed by atoms with Gasteiger partial charge in [-0.3, -0.25) is 4.79 Å². The van der Waals surface area contributed by atoms with Crippen molar-refractivity contribution in [2.75, 3.05) is 7.11 Å². The third-order valence-corrected chi connectivity index (χ3v) is 5.69. The van der Waals surface area contributed by atoms with E-state index in [2.05, 4.69) is 30.2 Å². The largest absolute Gasteiger partial charge is 0.468 e. The van der Waals surface area contributed by atoms with E-state index >= 15 is 0 Å². The molecule has 0 aliphatic rings. The minimum Gasteiger partial charge on any atom is -0.468 e. The van der Waals surface area contributed by atoms with Crippen LogP contribution in [0.5, 0.6) is 0 Å². The average molecular weight is 341 g/mol. The van der Waals surface area contributed by atoms with E-state index in [0.717, 1.165) is 12.0 Å². The first-order valence-corrected chi connectivity index (χ1v) is 9.24. The molecule has 1 atom stereocenters. The van der Waals surface area contributed by atoms with E-state index < -0.39 is 22.0 Å². The lowest BCUT2D eigenvalue weighted by molar-refractivity contribution is -0.143. The van der Waals surface area contributed by atoms with Gasteiger partial charge in [0.25, 0.3) is 0 Å². The fourth-order valence-electron chi connectivity index (χ4n) is 2.11. The summed E-state index contributed by atoms with van der Waals surface area (Å²) in [6.45, 7) is 9.84. The van der Waals surface area contributed by atoms with Crippen LogP contribution in [0.1, 0.15) is 46.6 Å². The van der Waals surface area contributed by atoms with E-state index in [0.29, 0.717) is 0 Å². The van der Waals surface area contributed by atoms with Crippen molar-refractivity contribution < 1.29 is 17.9 Å². The number of hydrogen-bond donors (Lipinski definition) is 1. The number of hydrogen-bond acceptors (Lipinski definition) is 4. The Balaban J connectivity index is 3.07. The standard InChI is InChI=1S/C17H27NO4S/c1-7-17(4,5)13-8-10-14(11-9-13)23(20,21)18-15(12(2)3)16(19)22-6/h8-12,15,18H,7H2,1-6H3. The van der Waals surface area contributed by atoms with Crippen LogP contribution in [-0.2, 0) is 25.0 Å². The summed E-state index contributed by atoms with van der Waals surface area (Å²) in [6, 6.07) is 5.88. The highest BCUT2D eigenvalue weighted by Gasteiger charge is 2.29. The van der Waals surface area contributed by atoms with E-state index in [1.165, 1.54) is 7.11 Å². The summed E-state index contributed by atoms with van der Waals surface area (Å²) in [5.74, 6) is -0.803. The molecule has 23 heavy (non-hydrogen) atoms. The third kappa shape index (κ3) is 4.78. The van der Waals surface area contributed by atoms with Gasteiger partial charge in [0.15, 0.2) is 0 Å². The Morgan fingerprint density at radius 3 is 2.13 bits per heavy atom. The lowest BCUT2D eigenvalue weighted by Crippen LogP contribution is -2.44. The van der Waals surface area contributed by atoms with Crippen molar-refractivity contribution in [3.8, 4) is 0 Å². The van der Waals surface area contributed by atoms with Gasteiger partial charge in [0.2, 0.25) is 10.0 Å². The first-order chi connectivity index (χ1) is 10.5. The van der Waals surface area contributed by atoms with Gasteiger partial charge in [0.05, 0.1) is 12.0 Å². The number of nitrogens with one attached hydrogen (secondary N) is 1. The smallest absolute Gasteiger partial charge is 0.324 e. The molecule has 0 saturated carbocycles. The van der Waals surface area contributed by atoms with Crippen LogP contribution < -0.4 is 4.72 Å². The zero-order valence-corrected chi connectivity index (χ0v) is 15.5. The van der Waals surface area contributed by atoms with Gasteiger partial charge in [-0.2, -0.15) is 4.72 Å². The Labute approximate surface area is 139 Å². The number of carbonyl (C=O) groups is 1. The van der Waals surface area contributed by atoms with E-state index in [4.69, 9.17) is 0 Å². The molecule has 1 aromatic rings. The van der Waals surface area contributed by atoms with Gasteiger partial charge in [-0.05, 0) is 35.4 Å². The summed E-state index contributed by atoms with van der Waals surface area (Å²) >= 11 is 0. The number of rotatable bonds is 7. The Morgan fingerprint density at radius 2 is 1.74 bits per heavy atom. The van der Waals surface area contributed by atoms with Gasteiger partial charge >= 0.3 is 5.97 Å². The molecule has 0 fully saturated rings. The number of carbonyl (C=O) groups excluding carboxylic acids is 1. The van der Waals surface area contributed by atoms with Crippen molar-refractivity contribution in [1.29, 1.82) is 0 Å². The Kier molecular flexibility index (Phi) is 6.36. The molecule has 130 valence electrons. The molecule has 0 spiro atoms. The lowest BCUT2D eigenvalue weighted by atomic mass is 9.82. The van der Waals surface area contributed by atoms with E-state index in [9.17, 15) is 13.2 Å². The third-order valence-electron chi connectivity index (χ3n) is 4.23. The second-order valence-corrected chi connectivity index (χ2v) is 8.34. The molecule has 1 rings (SSSR count). The highest BCUT2D eigenvalue weighted by atomic mass is 32.2. The summed E-state index contributed by atoms with van der Waals surface area (Å²) in [5.41, 5.74) is 1.06. The molecule has 0 bridgehead atoms. The van der Waals surface area contributed by atoms with Gasteiger partial charge in [0.1, 0.15) is 6.04 Å². The number of methoxy groups -OCH3 is 1. The molecule has 0 saturated heterocycles. The topological polar surface area (TPSA) is 72.5 Å². The predicted octanol–water partition coefficient (Wildman–Crippen LogP) is 2.85. The highest BCUT2D eigenvalue weighted by molar-refractivity contribution is 7.89. The normalized spacial score (nSPS) is 13.9. The SMILES string of the molecule is CCC(C)(C)c1ccc(S(=O)(=O)NC(C(=O)OC)C(C)C)cc1. The molecule has 5 nitrogen and oxygen atoms in total. The van der Waals surface area contributed by atoms with Crippen molar-refractivity contribution >= 4 is 16.0 Å². The van der Waals surface area contributed by atoms with Gasteiger partial charge in [0, 0.05) is 0 Å². The van der Waals surface area contributed by atoms with Crippen LogP contribution in [0, 0.1) is 5.92 Å². The maximum Gasteiger partial charge on any atom is 0.324 e. The van der Waals surface area contributed by atoms with Crippen LogP contribution in [0.3, 0.4) is 0 Å². The summed E-state index contributed by atoms with van der Waals surface area (Å²) < 4.78 is 32.1. The summed E-state index contributed by atoms with van der Waals surface area (Å²) in [4.78, 5) is 11.9. The van der Waals surface area contributed by atoms with Gasteiger partial charge in [-0.15, -0.1) is 0 Å². The van der Waals surface area contributed by atoms with Crippen molar-refractivity contribution in [3.05, 3.63) is 29.8 Å². The molecule has 0 aromatic heterocycles. The van der Waals surface area contributed by atoms with E-state index in [1.807, 2.05) is 12.1 Å². The van der Waals surface area contributed by atoms with Crippen LogP contribution in [0.15, 0.2) is 29.2 Å². The molecule has 1 unspecified atom stereocenters. The van der Waals surface area contributed by atoms with Crippen LogP contribution in [0.25, 0.3) is 0 Å². The van der Waals surface area contributed by atoms with E-state index in [-0.39, 0.29) is 16.2 Å². The van der Waals surface area contributed by atoms with Crippen molar-refractivity contribution in [3.63, 3.8) is 0 Å². The quantitative estimate of drug-likeness (QED) is 0.774.